The van der Waals surface area contributed by atoms with E-state index in [-0.39, 0.29) is 12.1 Å². The highest BCUT2D eigenvalue weighted by molar-refractivity contribution is 5.84. The summed E-state index contributed by atoms with van der Waals surface area (Å²) in [4.78, 5) is 2.14. The summed E-state index contributed by atoms with van der Waals surface area (Å²) in [6, 6.07) is 12.0. The van der Waals surface area contributed by atoms with E-state index >= 15 is 0 Å². The number of anilines is 1. The minimum atomic E-state index is -0.431. The molecule has 0 saturated carbocycles. The van der Waals surface area contributed by atoms with Gasteiger partial charge in [0.2, 0.25) is 0 Å². The number of nitrogens with zero attached hydrogens (tertiary/aromatic N) is 6. The zero-order valence-corrected chi connectivity index (χ0v) is 17.6. The van der Waals surface area contributed by atoms with Crippen molar-refractivity contribution in [2.24, 2.45) is 0 Å². The smallest absolute Gasteiger partial charge is 0.171 e. The third-order valence-electron chi connectivity index (χ3n) is 6.42. The quantitative estimate of drug-likeness (QED) is 0.526. The Labute approximate surface area is 183 Å². The number of rotatable bonds is 2. The van der Waals surface area contributed by atoms with Crippen LogP contribution in [0.2, 0.25) is 0 Å². The lowest BCUT2D eigenvalue weighted by Gasteiger charge is -2.34. The van der Waals surface area contributed by atoms with Crippen molar-refractivity contribution in [3.63, 3.8) is 0 Å². The molecule has 2 aliphatic heterocycles. The molecule has 1 fully saturated rings. The van der Waals surface area contributed by atoms with Gasteiger partial charge in [0.1, 0.15) is 17.3 Å². The maximum atomic E-state index is 14.6. The van der Waals surface area contributed by atoms with Crippen molar-refractivity contribution < 1.29 is 9.13 Å². The first-order valence-electron chi connectivity index (χ1n) is 10.8. The van der Waals surface area contributed by atoms with Crippen LogP contribution in [0.1, 0.15) is 36.0 Å². The lowest BCUT2D eigenvalue weighted by molar-refractivity contribution is 0.0278. The van der Waals surface area contributed by atoms with E-state index in [1.54, 1.807) is 6.07 Å². The second kappa shape index (κ2) is 7.29. The molecule has 4 aromatic rings. The van der Waals surface area contributed by atoms with E-state index in [0.717, 1.165) is 47.1 Å². The third kappa shape index (κ3) is 2.87. The maximum Gasteiger partial charge on any atom is 0.171 e. The summed E-state index contributed by atoms with van der Waals surface area (Å²) in [6.07, 6.45) is 1.20. The van der Waals surface area contributed by atoms with Crippen LogP contribution in [0.3, 0.4) is 0 Å². The maximum absolute atomic E-state index is 14.6. The van der Waals surface area contributed by atoms with Crippen molar-refractivity contribution in [1.82, 2.24) is 24.7 Å². The van der Waals surface area contributed by atoms with Crippen LogP contribution in [0.25, 0.3) is 16.4 Å². The summed E-state index contributed by atoms with van der Waals surface area (Å²) >= 11 is 0. The Morgan fingerprint density at radius 3 is 3.00 bits per heavy atom. The molecule has 1 saturated heterocycles. The highest BCUT2D eigenvalue weighted by Gasteiger charge is 2.28. The van der Waals surface area contributed by atoms with Gasteiger partial charge < -0.3 is 15.0 Å². The Balaban J connectivity index is 1.41. The Hall–Kier alpha value is -3.48. The number of ether oxygens (including phenoxy) is 1. The number of fused-ring (bicyclic) bond motifs is 4. The first-order chi connectivity index (χ1) is 15.6. The van der Waals surface area contributed by atoms with Gasteiger partial charge in [0.25, 0.3) is 0 Å². The van der Waals surface area contributed by atoms with E-state index < -0.39 is 5.82 Å². The number of benzene rings is 1. The zero-order valence-electron chi connectivity index (χ0n) is 17.6. The summed E-state index contributed by atoms with van der Waals surface area (Å²) in [5.74, 6) is -0.431. The molecule has 1 aromatic carbocycles. The number of halogens is 1. The topological polar surface area (TPSA) is 83.4 Å². The number of aromatic nitrogens is 4. The summed E-state index contributed by atoms with van der Waals surface area (Å²) in [7, 11) is 0. The van der Waals surface area contributed by atoms with Crippen LogP contribution in [0.4, 0.5) is 10.1 Å². The van der Waals surface area contributed by atoms with Crippen molar-refractivity contribution in [1.29, 1.82) is 5.26 Å². The lowest BCUT2D eigenvalue weighted by Crippen LogP contribution is -2.36. The second-order valence-electron chi connectivity index (χ2n) is 8.43. The van der Waals surface area contributed by atoms with Gasteiger partial charge in [0.05, 0.1) is 48.4 Å². The molecular weight excluding hydrogens is 409 g/mol. The molecule has 2 atom stereocenters. The summed E-state index contributed by atoms with van der Waals surface area (Å²) < 4.78 is 24.0. The lowest BCUT2D eigenvalue weighted by atomic mass is 10.0. The molecular formula is C23H22FN7O. The second-order valence-corrected chi connectivity index (χ2v) is 8.43. The van der Waals surface area contributed by atoms with Gasteiger partial charge in [-0.25, -0.2) is 8.91 Å². The monoisotopic (exact) mass is 431 g/mol. The van der Waals surface area contributed by atoms with Crippen molar-refractivity contribution in [3.8, 4) is 6.07 Å². The first kappa shape index (κ1) is 19.2. The molecule has 3 aromatic heterocycles. The Morgan fingerprint density at radius 2 is 2.19 bits per heavy atom. The molecule has 8 nitrogen and oxygen atoms in total. The van der Waals surface area contributed by atoms with Gasteiger partial charge in [-0.2, -0.15) is 15.5 Å². The number of morpholine rings is 1. The first-order valence-corrected chi connectivity index (χ1v) is 10.8. The van der Waals surface area contributed by atoms with Crippen LogP contribution >= 0.6 is 0 Å². The molecule has 32 heavy (non-hydrogen) atoms. The molecule has 0 bridgehead atoms. The normalized spacial score (nSPS) is 21.1. The molecule has 9 heteroatoms. The summed E-state index contributed by atoms with van der Waals surface area (Å²) in [5, 5.41) is 22.8. The zero-order chi connectivity index (χ0) is 21.8. The van der Waals surface area contributed by atoms with E-state index in [4.69, 9.17) is 9.84 Å². The van der Waals surface area contributed by atoms with Gasteiger partial charge >= 0.3 is 0 Å². The van der Waals surface area contributed by atoms with Crippen LogP contribution in [-0.4, -0.2) is 45.6 Å². The fraction of sp³-hybridized carbons (Fsp3) is 0.348. The van der Waals surface area contributed by atoms with Gasteiger partial charge in [0, 0.05) is 25.0 Å². The number of nitrogens with one attached hydrogen (secondary N) is 1. The van der Waals surface area contributed by atoms with E-state index in [1.165, 1.54) is 4.52 Å². The SMILES string of the molecule is C[C@@H]1CN(c2ccc(C#N)n3ncc(F)c23)Cc2c3ccc([C@H]4CNCCO4)cc3nn21. The van der Waals surface area contributed by atoms with Gasteiger partial charge in [-0.3, -0.25) is 4.68 Å². The van der Waals surface area contributed by atoms with E-state index in [2.05, 4.69) is 51.2 Å². The predicted molar refractivity (Wildman–Crippen MR) is 117 cm³/mol. The minimum absolute atomic E-state index is 0.0394. The van der Waals surface area contributed by atoms with Crippen LogP contribution < -0.4 is 10.2 Å². The van der Waals surface area contributed by atoms with Crippen molar-refractivity contribution in [3.05, 3.63) is 59.3 Å². The minimum Gasteiger partial charge on any atom is -0.371 e. The molecule has 5 heterocycles. The Bertz CT molecular complexity index is 1380. The Kier molecular flexibility index (Phi) is 4.38. The fourth-order valence-corrected chi connectivity index (χ4v) is 4.89. The van der Waals surface area contributed by atoms with E-state index in [1.807, 2.05) is 6.07 Å². The molecule has 162 valence electrons. The standard InChI is InChI=1S/C23H22FN7O/c1-14-12-29(20-5-3-16(9-25)31-23(20)18(24)10-27-31)13-21-17-4-2-15(8-19(17)28-30(14)21)22-11-26-6-7-32-22/h2-5,8,10,14,22,26H,6-7,11-13H2,1H3/t14-,22-/m1/s1. The van der Waals surface area contributed by atoms with Crippen LogP contribution in [0.15, 0.2) is 36.5 Å². The van der Waals surface area contributed by atoms with Gasteiger partial charge in [-0.1, -0.05) is 12.1 Å². The largest absolute Gasteiger partial charge is 0.371 e. The summed E-state index contributed by atoms with van der Waals surface area (Å²) in [6.45, 7) is 5.77. The van der Waals surface area contributed by atoms with Crippen LogP contribution in [0.5, 0.6) is 0 Å². The molecule has 0 radical (unpaired) electrons. The van der Waals surface area contributed by atoms with Gasteiger partial charge in [-0.05, 0) is 30.7 Å². The highest BCUT2D eigenvalue weighted by Crippen LogP contribution is 2.34. The molecule has 0 unspecified atom stereocenters. The summed E-state index contributed by atoms with van der Waals surface area (Å²) in [5.41, 5.74) is 4.53. The van der Waals surface area contributed by atoms with Gasteiger partial charge in [-0.15, -0.1) is 0 Å². The molecule has 1 N–H and O–H groups in total. The molecule has 6 rings (SSSR count). The molecule has 0 amide bonds. The van der Waals surface area contributed by atoms with Gasteiger partial charge in [0.15, 0.2) is 5.82 Å². The molecule has 2 aliphatic rings. The van der Waals surface area contributed by atoms with E-state index in [0.29, 0.717) is 30.9 Å². The van der Waals surface area contributed by atoms with E-state index in [9.17, 15) is 9.65 Å². The number of hydrogen-bond acceptors (Lipinski definition) is 6. The number of pyridine rings is 1. The number of nitriles is 1. The predicted octanol–water partition coefficient (Wildman–Crippen LogP) is 2.94. The number of hydrogen-bond donors (Lipinski definition) is 1. The molecule has 0 aliphatic carbocycles. The van der Waals surface area contributed by atoms with Crippen molar-refractivity contribution in [2.75, 3.05) is 31.1 Å². The van der Waals surface area contributed by atoms with Crippen molar-refractivity contribution >= 4 is 22.1 Å². The van der Waals surface area contributed by atoms with Crippen LogP contribution in [-0.2, 0) is 11.3 Å². The Morgan fingerprint density at radius 1 is 1.28 bits per heavy atom. The fourth-order valence-electron chi connectivity index (χ4n) is 4.89. The third-order valence-corrected chi connectivity index (χ3v) is 6.42. The average molecular weight is 431 g/mol. The highest BCUT2D eigenvalue weighted by atomic mass is 19.1. The van der Waals surface area contributed by atoms with Crippen molar-refractivity contribution in [2.45, 2.75) is 25.6 Å². The van der Waals surface area contributed by atoms with Crippen LogP contribution in [0, 0.1) is 17.1 Å². The molecule has 0 spiro atoms. The average Bonchev–Trinajstić information content (AvgIpc) is 3.40.